The first kappa shape index (κ1) is 23.1. The van der Waals surface area contributed by atoms with Gasteiger partial charge in [0.15, 0.2) is 0 Å². The maximum absolute atomic E-state index is 12.8. The summed E-state index contributed by atoms with van der Waals surface area (Å²) in [5, 5.41) is 7.42. The van der Waals surface area contributed by atoms with Crippen molar-refractivity contribution in [1.29, 1.82) is 0 Å². The van der Waals surface area contributed by atoms with Crippen LogP contribution in [0, 0.1) is 0 Å². The zero-order valence-electron chi connectivity index (χ0n) is 16.0. The monoisotopic (exact) mass is 596 g/mol. The number of hydrogen-bond acceptors (Lipinski definition) is 1. The molecular weight excluding hydrogens is 574 g/mol. The number of benzene rings is 3. The number of aliphatic carboxylic acids is 1. The fourth-order valence-corrected chi connectivity index (χ4v) is 11.3. The molecule has 0 amide bonds. The SMILES string of the molecule is CC(=O)O.FCc1cc[c]([Bi]([c]2ccc(CF)cc2)[c]2ccc(CF)cc2)cc1. The minimum atomic E-state index is -2.56. The van der Waals surface area contributed by atoms with E-state index in [0.29, 0.717) is 16.7 Å². The number of alkyl halides is 3. The fourth-order valence-electron chi connectivity index (χ4n) is 2.65. The molecule has 0 fully saturated rings. The summed E-state index contributed by atoms with van der Waals surface area (Å²) in [5.41, 5.74) is 1.98. The molecule has 0 unspecified atom stereocenters. The van der Waals surface area contributed by atoms with Gasteiger partial charge in [-0.1, -0.05) is 0 Å². The molecule has 152 valence electrons. The summed E-state index contributed by atoms with van der Waals surface area (Å²) in [6, 6.07) is 22.9. The second-order valence-electron chi connectivity index (χ2n) is 6.25. The molecule has 1 N–H and O–H groups in total. The summed E-state index contributed by atoms with van der Waals surface area (Å²) in [5.74, 6) is -0.833. The van der Waals surface area contributed by atoms with Gasteiger partial charge in [0.25, 0.3) is 5.97 Å². The predicted molar refractivity (Wildman–Crippen MR) is 112 cm³/mol. The zero-order valence-corrected chi connectivity index (χ0v) is 19.5. The molecule has 0 aliphatic carbocycles. The Morgan fingerprint density at radius 1 is 0.655 bits per heavy atom. The average molecular weight is 596 g/mol. The molecular formula is C23H22BiF3O2. The van der Waals surface area contributed by atoms with Gasteiger partial charge in [0, 0.05) is 6.92 Å². The van der Waals surface area contributed by atoms with Gasteiger partial charge in [-0.2, -0.15) is 0 Å². The molecule has 6 heteroatoms. The van der Waals surface area contributed by atoms with Gasteiger partial charge >= 0.3 is 154 Å². The third-order valence-corrected chi connectivity index (χ3v) is 13.5. The van der Waals surface area contributed by atoms with Crippen molar-refractivity contribution >= 4 is 37.5 Å². The molecule has 0 aliphatic heterocycles. The van der Waals surface area contributed by atoms with Crippen LogP contribution < -0.4 is 9.81 Å². The Bertz CT molecular complexity index is 778. The molecule has 0 spiro atoms. The van der Waals surface area contributed by atoms with E-state index in [4.69, 9.17) is 9.90 Å². The molecule has 29 heavy (non-hydrogen) atoms. The van der Waals surface area contributed by atoms with E-state index in [0.717, 1.165) is 6.92 Å². The van der Waals surface area contributed by atoms with E-state index in [2.05, 4.69) is 0 Å². The molecule has 0 aliphatic rings. The van der Waals surface area contributed by atoms with Crippen LogP contribution in [0.2, 0.25) is 0 Å². The first-order valence-electron chi connectivity index (χ1n) is 8.93. The molecule has 0 aromatic heterocycles. The molecule has 2 nitrogen and oxygen atoms in total. The van der Waals surface area contributed by atoms with Crippen molar-refractivity contribution in [1.82, 2.24) is 0 Å². The van der Waals surface area contributed by atoms with E-state index in [1.165, 1.54) is 9.81 Å². The van der Waals surface area contributed by atoms with Crippen LogP contribution in [-0.2, 0) is 24.8 Å². The quantitative estimate of drug-likeness (QED) is 0.441. The van der Waals surface area contributed by atoms with Crippen molar-refractivity contribution in [3.63, 3.8) is 0 Å². The van der Waals surface area contributed by atoms with Crippen molar-refractivity contribution < 1.29 is 23.1 Å². The van der Waals surface area contributed by atoms with Crippen molar-refractivity contribution in [3.8, 4) is 0 Å². The maximum atomic E-state index is 12.8. The van der Waals surface area contributed by atoms with E-state index in [1.54, 1.807) is 0 Å². The van der Waals surface area contributed by atoms with Crippen molar-refractivity contribution in [3.05, 3.63) is 89.5 Å². The first-order valence-corrected chi connectivity index (χ1v) is 14.1. The summed E-state index contributed by atoms with van der Waals surface area (Å²) in [6.07, 6.45) is 0. The molecule has 0 heterocycles. The molecule has 0 atom stereocenters. The van der Waals surface area contributed by atoms with Gasteiger partial charge in [0.05, 0.1) is 0 Å². The van der Waals surface area contributed by atoms with Crippen LogP contribution in [0.4, 0.5) is 13.2 Å². The molecule has 0 saturated carbocycles. The van der Waals surface area contributed by atoms with Gasteiger partial charge in [0.2, 0.25) is 0 Å². The number of carbonyl (C=O) groups is 1. The Morgan fingerprint density at radius 2 is 0.862 bits per heavy atom. The third kappa shape index (κ3) is 6.97. The number of carboxylic acid groups (broad SMARTS) is 1. The van der Waals surface area contributed by atoms with Gasteiger partial charge < -0.3 is 5.11 Å². The van der Waals surface area contributed by atoms with Gasteiger partial charge in [0.1, 0.15) is 0 Å². The summed E-state index contributed by atoms with van der Waals surface area (Å²) in [7, 11) is 0. The van der Waals surface area contributed by atoms with E-state index in [-0.39, 0.29) is 0 Å². The second kappa shape index (κ2) is 11.7. The van der Waals surface area contributed by atoms with Crippen LogP contribution in [0.5, 0.6) is 0 Å². The van der Waals surface area contributed by atoms with Gasteiger partial charge in [-0.25, -0.2) is 0 Å². The Balaban J connectivity index is 0.000000687. The van der Waals surface area contributed by atoms with E-state index in [1.807, 2.05) is 72.8 Å². The molecule has 0 bridgehead atoms. The first-order chi connectivity index (χ1) is 14.0. The zero-order chi connectivity index (χ0) is 21.2. The van der Waals surface area contributed by atoms with Crippen LogP contribution in [0.15, 0.2) is 72.8 Å². The number of carboxylic acids is 1. The van der Waals surface area contributed by atoms with Crippen molar-refractivity contribution in [2.24, 2.45) is 0 Å². The second-order valence-corrected chi connectivity index (χ2v) is 14.9. The van der Waals surface area contributed by atoms with E-state index >= 15 is 0 Å². The third-order valence-electron chi connectivity index (χ3n) is 4.05. The Kier molecular flexibility index (Phi) is 9.33. The van der Waals surface area contributed by atoms with Gasteiger partial charge in [-0.15, -0.1) is 0 Å². The molecule has 3 rings (SSSR count). The van der Waals surface area contributed by atoms with Gasteiger partial charge in [-0.3, -0.25) is 4.79 Å². The molecule has 3 aromatic rings. The van der Waals surface area contributed by atoms with Crippen LogP contribution >= 0.6 is 0 Å². The number of rotatable bonds is 6. The number of hydrogen-bond donors (Lipinski definition) is 1. The van der Waals surface area contributed by atoms with E-state index < -0.39 is 47.7 Å². The van der Waals surface area contributed by atoms with Crippen LogP contribution in [0.3, 0.4) is 0 Å². The van der Waals surface area contributed by atoms with Crippen LogP contribution in [0.25, 0.3) is 0 Å². The standard InChI is InChI=1S/3C7H6F.C2H4O2.Bi/c3*8-6-7-4-2-1-3-5-7;1-2(3)4;/h3*2-5H,6H2;1H3,(H,3,4);. The summed E-state index contributed by atoms with van der Waals surface area (Å²) in [6.45, 7) is -0.345. The Hall–Kier alpha value is -2.20. The molecule has 0 saturated heterocycles. The van der Waals surface area contributed by atoms with Gasteiger partial charge in [-0.05, 0) is 0 Å². The normalized spacial score (nSPS) is 10.4. The predicted octanol–water partition coefficient (Wildman–Crippen LogP) is 3.70. The van der Waals surface area contributed by atoms with E-state index in [9.17, 15) is 13.2 Å². The number of halogens is 3. The summed E-state index contributed by atoms with van der Waals surface area (Å²) >= 11 is -2.56. The van der Waals surface area contributed by atoms with Crippen LogP contribution in [0.1, 0.15) is 23.6 Å². The Morgan fingerprint density at radius 3 is 1.03 bits per heavy atom. The topological polar surface area (TPSA) is 37.3 Å². The molecule has 3 aromatic carbocycles. The Labute approximate surface area is 176 Å². The molecule has 0 radical (unpaired) electrons. The minimum absolute atomic E-state index is 0.476. The summed E-state index contributed by atoms with van der Waals surface area (Å²) < 4.78 is 42.1. The average Bonchev–Trinajstić information content (AvgIpc) is 2.75. The fraction of sp³-hybridized carbons (Fsp3) is 0.174. The summed E-state index contributed by atoms with van der Waals surface area (Å²) in [4.78, 5) is 9.00. The van der Waals surface area contributed by atoms with Crippen molar-refractivity contribution in [2.45, 2.75) is 26.9 Å². The van der Waals surface area contributed by atoms with Crippen molar-refractivity contribution in [2.75, 3.05) is 0 Å². The van der Waals surface area contributed by atoms with Crippen LogP contribution in [-0.4, -0.2) is 32.8 Å².